The number of amides is 3. The number of nitrogens with one attached hydrogen (secondary N) is 1. The predicted molar refractivity (Wildman–Crippen MR) is 127 cm³/mol. The van der Waals surface area contributed by atoms with Gasteiger partial charge in [-0.3, -0.25) is 19.4 Å². The molecule has 2 aromatic rings. The first kappa shape index (κ1) is 23.6. The molecule has 0 saturated carbocycles. The van der Waals surface area contributed by atoms with Crippen LogP contribution in [-0.4, -0.2) is 72.7 Å². The first-order valence-electron chi connectivity index (χ1n) is 11.3. The molecule has 1 aromatic heterocycles. The lowest BCUT2D eigenvalue weighted by molar-refractivity contribution is -0.132. The predicted octanol–water partition coefficient (Wildman–Crippen LogP) is 2.10. The van der Waals surface area contributed by atoms with Crippen molar-refractivity contribution in [3.63, 3.8) is 0 Å². The zero-order valence-electron chi connectivity index (χ0n) is 19.1. The molecule has 0 aliphatic carbocycles. The Morgan fingerprint density at radius 1 is 1.21 bits per heavy atom. The summed E-state index contributed by atoms with van der Waals surface area (Å²) >= 11 is 0. The fourth-order valence-corrected chi connectivity index (χ4v) is 4.13. The highest BCUT2D eigenvalue weighted by Crippen LogP contribution is 2.24. The number of aromatic nitrogens is 1. The molecule has 2 aliphatic rings. The van der Waals surface area contributed by atoms with E-state index < -0.39 is 6.04 Å². The maximum Gasteiger partial charge on any atom is 0.253 e. The molecule has 2 aliphatic heterocycles. The average molecular weight is 465 g/mol. The number of anilines is 2. The van der Waals surface area contributed by atoms with Gasteiger partial charge in [0.2, 0.25) is 11.8 Å². The number of nitrogens with zero attached hydrogens (tertiary/aromatic N) is 3. The molecule has 4 rings (SSSR count). The van der Waals surface area contributed by atoms with E-state index in [1.54, 1.807) is 64.7 Å². The Hall–Kier alpha value is -3.56. The smallest absolute Gasteiger partial charge is 0.253 e. The zero-order valence-corrected chi connectivity index (χ0v) is 19.1. The van der Waals surface area contributed by atoms with Gasteiger partial charge in [-0.1, -0.05) is 0 Å². The number of likely N-dealkylation sites (tertiary alicyclic amines) is 1. The largest absolute Gasteiger partial charge is 0.377 e. The van der Waals surface area contributed by atoms with Crippen LogP contribution >= 0.6 is 0 Å². The van der Waals surface area contributed by atoms with Crippen LogP contribution in [0.3, 0.4) is 0 Å². The van der Waals surface area contributed by atoms with Crippen molar-refractivity contribution >= 4 is 35.2 Å². The molecule has 3 amide bonds. The van der Waals surface area contributed by atoms with Crippen LogP contribution in [0.15, 0.2) is 54.9 Å². The van der Waals surface area contributed by atoms with Crippen LogP contribution in [-0.2, 0) is 23.9 Å². The first-order valence-corrected chi connectivity index (χ1v) is 11.3. The number of hydrogen-bond donors (Lipinski definition) is 1. The van der Waals surface area contributed by atoms with E-state index in [0.29, 0.717) is 38.4 Å². The van der Waals surface area contributed by atoms with Gasteiger partial charge in [0.1, 0.15) is 12.6 Å². The van der Waals surface area contributed by atoms with Crippen LogP contribution in [0, 0.1) is 0 Å². The second-order valence-electron chi connectivity index (χ2n) is 8.07. The van der Waals surface area contributed by atoms with Gasteiger partial charge in [0.15, 0.2) is 0 Å². The Balaban J connectivity index is 1.43. The van der Waals surface area contributed by atoms with Crippen LogP contribution in [0.4, 0.5) is 11.4 Å². The fraction of sp³-hybridized carbons (Fsp3) is 0.360. The molecule has 9 heteroatoms. The van der Waals surface area contributed by atoms with Crippen molar-refractivity contribution in [1.29, 1.82) is 0 Å². The SMILES string of the molecule is CCO[C@@H]1C[C@H](C(=O)Nc2ccc(N3CCOCC3=O)cc2)N(C(=O)/C=C/c2ccncc2)C1. The van der Waals surface area contributed by atoms with Gasteiger partial charge >= 0.3 is 0 Å². The normalized spacial score (nSPS) is 20.7. The molecule has 0 bridgehead atoms. The number of carbonyl (C=O) groups is 3. The molecule has 2 atom stereocenters. The molecule has 34 heavy (non-hydrogen) atoms. The summed E-state index contributed by atoms with van der Waals surface area (Å²) in [6.45, 7) is 3.81. The summed E-state index contributed by atoms with van der Waals surface area (Å²) in [5.74, 6) is -0.617. The van der Waals surface area contributed by atoms with Crippen molar-refractivity contribution in [3.05, 3.63) is 60.4 Å². The highest BCUT2D eigenvalue weighted by Gasteiger charge is 2.39. The maximum absolute atomic E-state index is 13.1. The molecule has 178 valence electrons. The van der Waals surface area contributed by atoms with Crippen LogP contribution in [0.2, 0.25) is 0 Å². The monoisotopic (exact) mass is 464 g/mol. The summed E-state index contributed by atoms with van der Waals surface area (Å²) in [7, 11) is 0. The van der Waals surface area contributed by atoms with Gasteiger partial charge in [-0.2, -0.15) is 0 Å². The molecule has 0 unspecified atom stereocenters. The van der Waals surface area contributed by atoms with Gasteiger partial charge in [-0.05, 0) is 55.0 Å². The lowest BCUT2D eigenvalue weighted by Crippen LogP contribution is -2.42. The molecular weight excluding hydrogens is 436 g/mol. The summed E-state index contributed by atoms with van der Waals surface area (Å²) < 4.78 is 10.9. The Bertz CT molecular complexity index is 1040. The molecule has 0 radical (unpaired) electrons. The number of ether oxygens (including phenoxy) is 2. The Morgan fingerprint density at radius 2 is 1.97 bits per heavy atom. The van der Waals surface area contributed by atoms with E-state index in [0.717, 1.165) is 11.3 Å². The van der Waals surface area contributed by atoms with Crippen LogP contribution in [0.5, 0.6) is 0 Å². The van der Waals surface area contributed by atoms with Crippen LogP contribution in [0.25, 0.3) is 6.08 Å². The Labute approximate surface area is 198 Å². The van der Waals surface area contributed by atoms with E-state index in [-0.39, 0.29) is 30.4 Å². The number of carbonyl (C=O) groups excluding carboxylic acids is 3. The minimum atomic E-state index is -0.647. The Morgan fingerprint density at radius 3 is 2.68 bits per heavy atom. The van der Waals surface area contributed by atoms with E-state index in [9.17, 15) is 14.4 Å². The van der Waals surface area contributed by atoms with Crippen molar-refractivity contribution in [1.82, 2.24) is 9.88 Å². The first-order chi connectivity index (χ1) is 16.5. The van der Waals surface area contributed by atoms with E-state index >= 15 is 0 Å². The lowest BCUT2D eigenvalue weighted by atomic mass is 10.1. The Kier molecular flexibility index (Phi) is 7.66. The molecule has 2 fully saturated rings. The second kappa shape index (κ2) is 11.0. The highest BCUT2D eigenvalue weighted by atomic mass is 16.5. The van der Waals surface area contributed by atoms with Crippen LogP contribution < -0.4 is 10.2 Å². The molecule has 0 spiro atoms. The van der Waals surface area contributed by atoms with Gasteiger partial charge in [0.05, 0.1) is 12.7 Å². The maximum atomic E-state index is 13.1. The molecule has 2 saturated heterocycles. The summed E-state index contributed by atoms with van der Waals surface area (Å²) in [5.41, 5.74) is 2.19. The molecule has 9 nitrogen and oxygen atoms in total. The van der Waals surface area contributed by atoms with Crippen molar-refractivity contribution < 1.29 is 23.9 Å². The van der Waals surface area contributed by atoms with Crippen molar-refractivity contribution in [2.45, 2.75) is 25.5 Å². The van der Waals surface area contributed by atoms with Gasteiger partial charge in [-0.25, -0.2) is 0 Å². The average Bonchev–Trinajstić information content (AvgIpc) is 3.29. The molecule has 3 heterocycles. The van der Waals surface area contributed by atoms with Crippen molar-refractivity contribution in [2.75, 3.05) is 43.1 Å². The topological polar surface area (TPSA) is 101 Å². The quantitative estimate of drug-likeness (QED) is 0.630. The third-order valence-electron chi connectivity index (χ3n) is 5.81. The van der Waals surface area contributed by atoms with Crippen LogP contribution in [0.1, 0.15) is 18.9 Å². The molecule has 1 N–H and O–H groups in total. The summed E-state index contributed by atoms with van der Waals surface area (Å²) in [5, 5.41) is 2.90. The lowest BCUT2D eigenvalue weighted by Gasteiger charge is -2.27. The standard InChI is InChI=1S/C25H28N4O5/c1-2-34-21-15-22(29(16-21)23(30)8-3-18-9-11-26-12-10-18)25(32)27-19-4-6-20(7-5-19)28-13-14-33-17-24(28)31/h3-12,21-22H,2,13-17H2,1H3,(H,27,32)/b8-3+/t21-,22-/m1/s1. The van der Waals surface area contributed by atoms with Crippen molar-refractivity contribution in [3.8, 4) is 0 Å². The summed E-state index contributed by atoms with van der Waals surface area (Å²) in [4.78, 5) is 45.3. The van der Waals surface area contributed by atoms with Gasteiger partial charge < -0.3 is 24.6 Å². The number of pyridine rings is 1. The van der Waals surface area contributed by atoms with E-state index in [2.05, 4.69) is 10.3 Å². The molecule has 1 aromatic carbocycles. The minimum Gasteiger partial charge on any atom is -0.377 e. The van der Waals surface area contributed by atoms with Gasteiger partial charge in [0, 0.05) is 56.0 Å². The highest BCUT2D eigenvalue weighted by molar-refractivity contribution is 6.01. The second-order valence-corrected chi connectivity index (χ2v) is 8.07. The number of rotatable bonds is 7. The zero-order chi connectivity index (χ0) is 23.9. The fourth-order valence-electron chi connectivity index (χ4n) is 4.13. The summed E-state index contributed by atoms with van der Waals surface area (Å²) in [6, 6.07) is 10.0. The van der Waals surface area contributed by atoms with E-state index in [4.69, 9.17) is 9.47 Å². The van der Waals surface area contributed by atoms with E-state index in [1.165, 1.54) is 6.08 Å². The van der Waals surface area contributed by atoms with E-state index in [1.807, 2.05) is 6.92 Å². The van der Waals surface area contributed by atoms with Crippen molar-refractivity contribution in [2.24, 2.45) is 0 Å². The third-order valence-corrected chi connectivity index (χ3v) is 5.81. The summed E-state index contributed by atoms with van der Waals surface area (Å²) in [6.07, 6.45) is 6.71. The van der Waals surface area contributed by atoms with Gasteiger partial charge in [0.25, 0.3) is 5.91 Å². The number of hydrogen-bond acceptors (Lipinski definition) is 6. The van der Waals surface area contributed by atoms with Gasteiger partial charge in [-0.15, -0.1) is 0 Å². The number of benzene rings is 1. The third kappa shape index (κ3) is 5.67. The minimum absolute atomic E-state index is 0.0701. The molecular formula is C25H28N4O5. The number of morpholine rings is 1.